The second kappa shape index (κ2) is 6.39. The molecule has 3 heteroatoms. The van der Waals surface area contributed by atoms with Gasteiger partial charge in [0.15, 0.2) is 0 Å². The Balaban J connectivity index is 2.23. The molecule has 1 saturated carbocycles. The van der Waals surface area contributed by atoms with E-state index >= 15 is 0 Å². The monoisotopic (exact) mass is 240 g/mol. The Bertz CT molecular complexity index is 239. The summed E-state index contributed by atoms with van der Waals surface area (Å²) in [4.78, 5) is 11.8. The van der Waals surface area contributed by atoms with Crippen molar-refractivity contribution in [2.45, 2.75) is 77.8 Å². The van der Waals surface area contributed by atoms with Gasteiger partial charge in [-0.25, -0.2) is 0 Å². The minimum atomic E-state index is -0.0152. The third-order valence-corrected chi connectivity index (χ3v) is 3.29. The summed E-state index contributed by atoms with van der Waals surface area (Å²) < 4.78 is 0. The fourth-order valence-corrected chi connectivity index (χ4v) is 2.63. The molecule has 3 N–H and O–H groups in total. The lowest BCUT2D eigenvalue weighted by atomic mass is 9.87. The standard InChI is InChI=1S/C14H28N2O/c1-14(2,3)10-11(15)9-13(17)16-12-7-5-4-6-8-12/h11-12H,4-10,15H2,1-3H3,(H,16,17). The number of hydrogen-bond donors (Lipinski definition) is 2. The van der Waals surface area contributed by atoms with Gasteiger partial charge in [0.05, 0.1) is 0 Å². The van der Waals surface area contributed by atoms with Crippen LogP contribution in [0, 0.1) is 5.41 Å². The lowest BCUT2D eigenvalue weighted by molar-refractivity contribution is -0.122. The van der Waals surface area contributed by atoms with Gasteiger partial charge in [0.2, 0.25) is 5.91 Å². The molecule has 0 aliphatic heterocycles. The van der Waals surface area contributed by atoms with Crippen LogP contribution in [-0.2, 0) is 4.79 Å². The van der Waals surface area contributed by atoms with Crippen LogP contribution < -0.4 is 11.1 Å². The zero-order chi connectivity index (χ0) is 12.9. The SMILES string of the molecule is CC(C)(C)CC(N)CC(=O)NC1CCCCC1. The molecule has 0 saturated heterocycles. The molecular weight excluding hydrogens is 212 g/mol. The zero-order valence-corrected chi connectivity index (χ0v) is 11.6. The average Bonchev–Trinajstić information content (AvgIpc) is 2.15. The molecule has 0 bridgehead atoms. The molecule has 1 atom stereocenters. The molecule has 0 aromatic rings. The quantitative estimate of drug-likeness (QED) is 0.793. The van der Waals surface area contributed by atoms with Crippen molar-refractivity contribution in [3.63, 3.8) is 0 Å². The summed E-state index contributed by atoms with van der Waals surface area (Å²) >= 11 is 0. The maximum atomic E-state index is 11.8. The van der Waals surface area contributed by atoms with Crippen LogP contribution in [0.25, 0.3) is 0 Å². The van der Waals surface area contributed by atoms with Crippen molar-refractivity contribution in [3.05, 3.63) is 0 Å². The molecule has 1 fully saturated rings. The Hall–Kier alpha value is -0.570. The summed E-state index contributed by atoms with van der Waals surface area (Å²) in [6.07, 6.45) is 7.45. The fraction of sp³-hybridized carbons (Fsp3) is 0.929. The lowest BCUT2D eigenvalue weighted by Gasteiger charge is -2.25. The molecule has 0 aromatic carbocycles. The van der Waals surface area contributed by atoms with E-state index in [2.05, 4.69) is 26.1 Å². The van der Waals surface area contributed by atoms with Gasteiger partial charge in [0.1, 0.15) is 0 Å². The van der Waals surface area contributed by atoms with E-state index in [9.17, 15) is 4.79 Å². The first-order valence-corrected chi connectivity index (χ1v) is 6.92. The van der Waals surface area contributed by atoms with Crippen molar-refractivity contribution in [2.75, 3.05) is 0 Å². The van der Waals surface area contributed by atoms with Crippen molar-refractivity contribution in [1.29, 1.82) is 0 Å². The van der Waals surface area contributed by atoms with Crippen molar-refractivity contribution in [3.8, 4) is 0 Å². The predicted octanol–water partition coefficient (Wildman–Crippen LogP) is 2.59. The third kappa shape index (κ3) is 6.67. The van der Waals surface area contributed by atoms with E-state index in [0.29, 0.717) is 12.5 Å². The van der Waals surface area contributed by atoms with E-state index in [1.807, 2.05) is 0 Å². The van der Waals surface area contributed by atoms with Crippen molar-refractivity contribution < 1.29 is 4.79 Å². The molecule has 0 spiro atoms. The number of carbonyl (C=O) groups is 1. The predicted molar refractivity (Wildman–Crippen MR) is 71.7 cm³/mol. The van der Waals surface area contributed by atoms with Gasteiger partial charge < -0.3 is 11.1 Å². The molecule has 0 radical (unpaired) electrons. The molecular formula is C14H28N2O. The van der Waals surface area contributed by atoms with Gasteiger partial charge in [-0.1, -0.05) is 40.0 Å². The number of nitrogens with one attached hydrogen (secondary N) is 1. The van der Waals surface area contributed by atoms with Crippen LogP contribution in [0.15, 0.2) is 0 Å². The van der Waals surface area contributed by atoms with E-state index in [0.717, 1.165) is 19.3 Å². The third-order valence-electron chi connectivity index (χ3n) is 3.29. The van der Waals surface area contributed by atoms with E-state index in [1.165, 1.54) is 19.3 Å². The van der Waals surface area contributed by atoms with Crippen molar-refractivity contribution >= 4 is 5.91 Å². The van der Waals surface area contributed by atoms with Crippen LogP contribution in [0.4, 0.5) is 0 Å². The average molecular weight is 240 g/mol. The molecule has 0 heterocycles. The van der Waals surface area contributed by atoms with E-state index in [1.54, 1.807) is 0 Å². The highest BCUT2D eigenvalue weighted by Crippen LogP contribution is 2.21. The zero-order valence-electron chi connectivity index (χ0n) is 11.6. The first kappa shape index (κ1) is 14.5. The Morgan fingerprint density at radius 2 is 1.88 bits per heavy atom. The van der Waals surface area contributed by atoms with Gasteiger partial charge in [0.25, 0.3) is 0 Å². The summed E-state index contributed by atoms with van der Waals surface area (Å²) in [6.45, 7) is 6.48. The highest BCUT2D eigenvalue weighted by molar-refractivity contribution is 5.76. The minimum absolute atomic E-state index is 0.0152. The minimum Gasteiger partial charge on any atom is -0.353 e. The maximum absolute atomic E-state index is 11.8. The van der Waals surface area contributed by atoms with E-state index < -0.39 is 0 Å². The molecule has 17 heavy (non-hydrogen) atoms. The largest absolute Gasteiger partial charge is 0.353 e. The first-order chi connectivity index (χ1) is 7.87. The van der Waals surface area contributed by atoms with Crippen LogP contribution in [0.2, 0.25) is 0 Å². The second-order valence-corrected chi connectivity index (χ2v) is 6.63. The second-order valence-electron chi connectivity index (χ2n) is 6.63. The summed E-state index contributed by atoms with van der Waals surface area (Å²) in [7, 11) is 0. The van der Waals surface area contributed by atoms with Crippen LogP contribution in [-0.4, -0.2) is 18.0 Å². The molecule has 100 valence electrons. The lowest BCUT2D eigenvalue weighted by Crippen LogP contribution is -2.40. The molecule has 1 aliphatic carbocycles. The summed E-state index contributed by atoms with van der Waals surface area (Å²) in [5.74, 6) is 0.133. The highest BCUT2D eigenvalue weighted by Gasteiger charge is 2.20. The number of carbonyl (C=O) groups excluding carboxylic acids is 1. The van der Waals surface area contributed by atoms with E-state index in [4.69, 9.17) is 5.73 Å². The van der Waals surface area contributed by atoms with Gasteiger partial charge in [-0.05, 0) is 24.7 Å². The van der Waals surface area contributed by atoms with Gasteiger partial charge >= 0.3 is 0 Å². The Labute approximate surface area is 106 Å². The van der Waals surface area contributed by atoms with Crippen LogP contribution in [0.3, 0.4) is 0 Å². The number of nitrogens with two attached hydrogens (primary N) is 1. The Morgan fingerprint density at radius 1 is 1.29 bits per heavy atom. The summed E-state index contributed by atoms with van der Waals surface area (Å²) in [5, 5.41) is 3.12. The Morgan fingerprint density at radius 3 is 2.41 bits per heavy atom. The maximum Gasteiger partial charge on any atom is 0.221 e. The fourth-order valence-electron chi connectivity index (χ4n) is 2.63. The normalized spacial score (nSPS) is 20.0. The molecule has 1 unspecified atom stereocenters. The molecule has 3 nitrogen and oxygen atoms in total. The number of amides is 1. The Kier molecular flexibility index (Phi) is 5.44. The summed E-state index contributed by atoms with van der Waals surface area (Å²) in [6, 6.07) is 0.386. The molecule has 1 amide bonds. The first-order valence-electron chi connectivity index (χ1n) is 6.92. The molecule has 1 rings (SSSR count). The van der Waals surface area contributed by atoms with Gasteiger partial charge in [-0.2, -0.15) is 0 Å². The molecule has 1 aliphatic rings. The van der Waals surface area contributed by atoms with Crippen LogP contribution in [0.5, 0.6) is 0 Å². The highest BCUT2D eigenvalue weighted by atomic mass is 16.1. The van der Waals surface area contributed by atoms with E-state index in [-0.39, 0.29) is 17.4 Å². The van der Waals surface area contributed by atoms with Crippen LogP contribution >= 0.6 is 0 Å². The van der Waals surface area contributed by atoms with Crippen LogP contribution in [0.1, 0.15) is 65.7 Å². The van der Waals surface area contributed by atoms with Crippen molar-refractivity contribution in [1.82, 2.24) is 5.32 Å². The molecule has 0 aromatic heterocycles. The van der Waals surface area contributed by atoms with Gasteiger partial charge in [0, 0.05) is 18.5 Å². The van der Waals surface area contributed by atoms with Gasteiger partial charge in [-0.15, -0.1) is 0 Å². The topological polar surface area (TPSA) is 55.1 Å². The van der Waals surface area contributed by atoms with Gasteiger partial charge in [-0.3, -0.25) is 4.79 Å². The number of hydrogen-bond acceptors (Lipinski definition) is 2. The smallest absolute Gasteiger partial charge is 0.221 e. The number of rotatable bonds is 4. The summed E-state index contributed by atoms with van der Waals surface area (Å²) in [5.41, 5.74) is 6.20. The van der Waals surface area contributed by atoms with Crippen molar-refractivity contribution in [2.24, 2.45) is 11.1 Å².